The molecule has 9 heteroatoms. The third kappa shape index (κ3) is 6.27. The van der Waals surface area contributed by atoms with Gasteiger partial charge in [0.15, 0.2) is 5.96 Å². The van der Waals surface area contributed by atoms with Crippen LogP contribution < -0.4 is 15.4 Å². The molecule has 2 rings (SSSR count). The molecule has 1 fully saturated rings. The van der Waals surface area contributed by atoms with Crippen molar-refractivity contribution in [2.75, 3.05) is 34.4 Å². The molecule has 0 unspecified atom stereocenters. The number of nitrogens with one attached hydrogen (secondary N) is 2. The van der Waals surface area contributed by atoms with Crippen LogP contribution in [0.15, 0.2) is 23.2 Å². The van der Waals surface area contributed by atoms with Crippen LogP contribution in [-0.4, -0.2) is 68.9 Å². The maximum atomic E-state index is 12.0. The third-order valence-electron chi connectivity index (χ3n) is 4.23. The van der Waals surface area contributed by atoms with Crippen LogP contribution in [0.5, 0.6) is 5.75 Å². The van der Waals surface area contributed by atoms with E-state index in [9.17, 15) is 9.59 Å². The molecule has 0 aromatic heterocycles. The molecule has 0 atom stereocenters. The summed E-state index contributed by atoms with van der Waals surface area (Å²) in [5.74, 6) is 0.624. The van der Waals surface area contributed by atoms with Crippen molar-refractivity contribution in [3.05, 3.63) is 29.3 Å². The van der Waals surface area contributed by atoms with E-state index in [1.54, 1.807) is 24.1 Å². The number of hydrogen-bond donors (Lipinski definition) is 2. The van der Waals surface area contributed by atoms with E-state index in [1.807, 2.05) is 26.8 Å². The zero-order valence-corrected chi connectivity index (χ0v) is 17.9. The number of carbonyl (C=O) groups is 2. The third-order valence-corrected chi connectivity index (χ3v) is 4.23. The van der Waals surface area contributed by atoms with Gasteiger partial charge in [0.05, 0.1) is 20.3 Å². The van der Waals surface area contributed by atoms with E-state index in [4.69, 9.17) is 14.2 Å². The Labute approximate surface area is 171 Å². The molecule has 1 aliphatic heterocycles. The maximum absolute atomic E-state index is 12.0. The molecule has 1 aliphatic rings. The first-order valence-corrected chi connectivity index (χ1v) is 9.37. The second kappa shape index (κ2) is 9.49. The zero-order valence-electron chi connectivity index (χ0n) is 17.9. The van der Waals surface area contributed by atoms with E-state index in [-0.39, 0.29) is 12.1 Å². The predicted molar refractivity (Wildman–Crippen MR) is 109 cm³/mol. The van der Waals surface area contributed by atoms with Gasteiger partial charge in [0.25, 0.3) is 0 Å². The number of likely N-dealkylation sites (tertiary alicyclic amines) is 1. The average molecular weight is 406 g/mol. The number of guanidine groups is 1. The summed E-state index contributed by atoms with van der Waals surface area (Å²) in [6.07, 6.45) is -0.309. The van der Waals surface area contributed by atoms with Gasteiger partial charge in [-0.2, -0.15) is 0 Å². The fourth-order valence-corrected chi connectivity index (χ4v) is 2.74. The van der Waals surface area contributed by atoms with Crippen molar-refractivity contribution >= 4 is 18.0 Å². The number of nitrogens with zero attached hydrogens (tertiary/aromatic N) is 2. The maximum Gasteiger partial charge on any atom is 0.410 e. The van der Waals surface area contributed by atoms with Crippen LogP contribution in [-0.2, 0) is 16.0 Å². The lowest BCUT2D eigenvalue weighted by Gasteiger charge is -2.40. The van der Waals surface area contributed by atoms with Crippen molar-refractivity contribution in [3.63, 3.8) is 0 Å². The van der Waals surface area contributed by atoms with E-state index in [0.717, 1.165) is 5.56 Å². The van der Waals surface area contributed by atoms with E-state index in [1.165, 1.54) is 14.2 Å². The molecule has 0 spiro atoms. The van der Waals surface area contributed by atoms with E-state index in [2.05, 4.69) is 15.6 Å². The van der Waals surface area contributed by atoms with Gasteiger partial charge in [-0.3, -0.25) is 4.99 Å². The zero-order chi connectivity index (χ0) is 21.6. The summed E-state index contributed by atoms with van der Waals surface area (Å²) in [6, 6.07) is 5.37. The van der Waals surface area contributed by atoms with Gasteiger partial charge >= 0.3 is 12.1 Å². The monoisotopic (exact) mass is 406 g/mol. The highest BCUT2D eigenvalue weighted by molar-refractivity contribution is 5.92. The molecule has 1 aromatic rings. The fraction of sp³-hybridized carbons (Fsp3) is 0.550. The summed E-state index contributed by atoms with van der Waals surface area (Å²) in [6.45, 7) is 7.13. The summed E-state index contributed by atoms with van der Waals surface area (Å²) in [4.78, 5) is 29.6. The standard InChI is InChI=1S/C20H30N4O5/c1-20(2,3)29-19(26)24-11-14(12-24)23-18(21-4)22-10-13-7-8-15(17(25)28-6)16(9-13)27-5/h7-9,14H,10-12H2,1-6H3,(H2,21,22,23). The lowest BCUT2D eigenvalue weighted by molar-refractivity contribution is 0.00699. The van der Waals surface area contributed by atoms with Gasteiger partial charge < -0.3 is 29.7 Å². The van der Waals surface area contributed by atoms with Gasteiger partial charge in [-0.25, -0.2) is 9.59 Å². The van der Waals surface area contributed by atoms with Gasteiger partial charge in [-0.15, -0.1) is 0 Å². The molecule has 1 heterocycles. The summed E-state index contributed by atoms with van der Waals surface area (Å²) >= 11 is 0. The van der Waals surface area contributed by atoms with Crippen LogP contribution in [0.2, 0.25) is 0 Å². The first-order valence-electron chi connectivity index (χ1n) is 9.37. The highest BCUT2D eigenvalue weighted by Crippen LogP contribution is 2.21. The van der Waals surface area contributed by atoms with Crippen LogP contribution in [0, 0.1) is 0 Å². The first kappa shape index (κ1) is 22.3. The minimum atomic E-state index is -0.502. The minimum Gasteiger partial charge on any atom is -0.496 e. The van der Waals surface area contributed by atoms with Crippen molar-refractivity contribution < 1.29 is 23.8 Å². The Morgan fingerprint density at radius 3 is 2.48 bits per heavy atom. The lowest BCUT2D eigenvalue weighted by Crippen LogP contribution is -2.63. The second-order valence-corrected chi connectivity index (χ2v) is 7.68. The number of hydrogen-bond acceptors (Lipinski definition) is 6. The van der Waals surface area contributed by atoms with E-state index in [0.29, 0.717) is 36.9 Å². The van der Waals surface area contributed by atoms with Crippen LogP contribution >= 0.6 is 0 Å². The van der Waals surface area contributed by atoms with Crippen molar-refractivity contribution in [1.29, 1.82) is 0 Å². The topological polar surface area (TPSA) is 101 Å². The molecule has 0 saturated carbocycles. The molecule has 0 aliphatic carbocycles. The molecular weight excluding hydrogens is 376 g/mol. The molecule has 0 bridgehead atoms. The lowest BCUT2D eigenvalue weighted by atomic mass is 10.1. The Kier molecular flexibility index (Phi) is 7.30. The van der Waals surface area contributed by atoms with Crippen LogP contribution in [0.1, 0.15) is 36.7 Å². The van der Waals surface area contributed by atoms with Gasteiger partial charge in [0.1, 0.15) is 16.9 Å². The molecule has 0 radical (unpaired) electrons. The molecule has 9 nitrogen and oxygen atoms in total. The predicted octanol–water partition coefficient (Wildman–Crippen LogP) is 1.77. The van der Waals surface area contributed by atoms with Crippen molar-refractivity contribution in [2.45, 2.75) is 39.0 Å². The smallest absolute Gasteiger partial charge is 0.410 e. The van der Waals surface area contributed by atoms with Crippen molar-refractivity contribution in [2.24, 2.45) is 4.99 Å². The number of ether oxygens (including phenoxy) is 3. The number of benzene rings is 1. The number of esters is 1. The SMILES string of the molecule is CN=C(NCc1ccc(C(=O)OC)c(OC)c1)NC1CN(C(=O)OC(C)(C)C)C1. The summed E-state index contributed by atoms with van der Waals surface area (Å²) < 4.78 is 15.4. The van der Waals surface area contributed by atoms with Crippen LogP contribution in [0.25, 0.3) is 0 Å². The minimum absolute atomic E-state index is 0.102. The number of rotatable bonds is 5. The molecule has 29 heavy (non-hydrogen) atoms. The Bertz CT molecular complexity index is 767. The quantitative estimate of drug-likeness (QED) is 0.436. The number of carbonyl (C=O) groups excluding carboxylic acids is 2. The van der Waals surface area contributed by atoms with Crippen LogP contribution in [0.3, 0.4) is 0 Å². The van der Waals surface area contributed by atoms with Gasteiger partial charge in [-0.05, 0) is 38.5 Å². The van der Waals surface area contributed by atoms with E-state index >= 15 is 0 Å². The Morgan fingerprint density at radius 2 is 1.93 bits per heavy atom. The van der Waals surface area contributed by atoms with Crippen LogP contribution in [0.4, 0.5) is 4.79 Å². The normalized spacial score (nSPS) is 14.7. The van der Waals surface area contributed by atoms with Gasteiger partial charge in [0.2, 0.25) is 0 Å². The fourth-order valence-electron chi connectivity index (χ4n) is 2.74. The number of methoxy groups -OCH3 is 2. The van der Waals surface area contributed by atoms with Gasteiger partial charge in [0, 0.05) is 26.7 Å². The number of aliphatic imine (C=N–C) groups is 1. The molecule has 1 aromatic carbocycles. The Balaban J connectivity index is 1.85. The van der Waals surface area contributed by atoms with E-state index < -0.39 is 11.6 Å². The number of amides is 1. The molecule has 1 amide bonds. The first-order chi connectivity index (χ1) is 13.7. The molecular formula is C20H30N4O5. The molecule has 2 N–H and O–H groups in total. The average Bonchev–Trinajstić information content (AvgIpc) is 2.64. The summed E-state index contributed by atoms with van der Waals surface area (Å²) in [5.41, 5.74) is 0.789. The summed E-state index contributed by atoms with van der Waals surface area (Å²) in [7, 11) is 4.52. The van der Waals surface area contributed by atoms with Crippen molar-refractivity contribution in [1.82, 2.24) is 15.5 Å². The largest absolute Gasteiger partial charge is 0.496 e. The van der Waals surface area contributed by atoms with Crippen molar-refractivity contribution in [3.8, 4) is 5.75 Å². The molecule has 1 saturated heterocycles. The second-order valence-electron chi connectivity index (χ2n) is 7.68. The molecule has 160 valence electrons. The highest BCUT2D eigenvalue weighted by Gasteiger charge is 2.34. The van der Waals surface area contributed by atoms with Gasteiger partial charge in [-0.1, -0.05) is 6.07 Å². The summed E-state index contributed by atoms with van der Waals surface area (Å²) in [5, 5.41) is 6.49. The Morgan fingerprint density at radius 1 is 1.24 bits per heavy atom. The highest BCUT2D eigenvalue weighted by atomic mass is 16.6. The Hall–Kier alpha value is -2.97.